The van der Waals surface area contributed by atoms with Crippen molar-refractivity contribution in [3.05, 3.63) is 0 Å². The van der Waals surface area contributed by atoms with Crippen molar-refractivity contribution in [1.82, 2.24) is 21.3 Å². The quantitative estimate of drug-likeness (QED) is 0.429. The molecule has 10 nitrogen and oxygen atoms in total. The number of carbonyl (C=O) groups excluding carboxylic acids is 5. The lowest BCUT2D eigenvalue weighted by molar-refractivity contribution is -0.120. The van der Waals surface area contributed by atoms with Gasteiger partial charge in [0.15, 0.2) is 0 Å². The van der Waals surface area contributed by atoms with Gasteiger partial charge in [-0.2, -0.15) is 0 Å². The van der Waals surface area contributed by atoms with E-state index >= 15 is 0 Å². The van der Waals surface area contributed by atoms with E-state index in [1.54, 1.807) is 20.8 Å². The van der Waals surface area contributed by atoms with Crippen molar-refractivity contribution in [1.29, 1.82) is 0 Å². The van der Waals surface area contributed by atoms with Gasteiger partial charge in [-0.1, -0.05) is 13.8 Å². The van der Waals surface area contributed by atoms with Crippen LogP contribution in [-0.4, -0.2) is 49.0 Å². The number of aliphatic hydroxyl groups is 1. The highest BCUT2D eigenvalue weighted by Crippen LogP contribution is 1.74. The van der Waals surface area contributed by atoms with Crippen LogP contribution in [0.25, 0.3) is 0 Å². The van der Waals surface area contributed by atoms with Crippen molar-refractivity contribution < 1.29 is 29.1 Å². The van der Waals surface area contributed by atoms with Crippen molar-refractivity contribution in [2.75, 3.05) is 13.3 Å². The molecule has 0 aliphatic rings. The Labute approximate surface area is 129 Å². The summed E-state index contributed by atoms with van der Waals surface area (Å²) in [4.78, 5) is 49.9. The summed E-state index contributed by atoms with van der Waals surface area (Å²) in [7, 11) is 0. The normalized spacial score (nSPS) is 8.00. The topological polar surface area (TPSA) is 154 Å². The standard InChI is InChI=1S/C6H12N2O2.C5H10N2O3.CH2O/c1-3-5(9)8-6(10)7-4-2;1-2-4(9)7-5(10)6-3-8;1-2/h3-4H2,1-2H3,(H2,7,8,9,10);8H,2-3H2,1H3,(H2,6,7,9,10);1H2. The van der Waals surface area contributed by atoms with Gasteiger partial charge in [0.05, 0.1) is 0 Å². The van der Waals surface area contributed by atoms with Gasteiger partial charge in [-0.05, 0) is 6.92 Å². The second kappa shape index (κ2) is 18.5. The number of imide groups is 2. The average Bonchev–Trinajstić information content (AvgIpc) is 2.50. The molecule has 0 aliphatic carbocycles. The van der Waals surface area contributed by atoms with Crippen molar-refractivity contribution in [3.63, 3.8) is 0 Å². The third-order valence-corrected chi connectivity index (χ3v) is 1.73. The summed E-state index contributed by atoms with van der Waals surface area (Å²) >= 11 is 0. The summed E-state index contributed by atoms with van der Waals surface area (Å²) in [5.74, 6) is -0.628. The molecule has 0 aromatic rings. The van der Waals surface area contributed by atoms with Crippen molar-refractivity contribution in [3.8, 4) is 0 Å². The van der Waals surface area contributed by atoms with Crippen LogP contribution in [0.5, 0.6) is 0 Å². The Morgan fingerprint density at radius 1 is 0.818 bits per heavy atom. The zero-order valence-electron chi connectivity index (χ0n) is 13.0. The maximum absolute atomic E-state index is 10.6. The summed E-state index contributed by atoms with van der Waals surface area (Å²) in [6, 6.07) is -1.09. The maximum Gasteiger partial charge on any atom is 0.323 e. The molecule has 0 heterocycles. The van der Waals surface area contributed by atoms with Crippen LogP contribution in [0.15, 0.2) is 0 Å². The molecule has 22 heavy (non-hydrogen) atoms. The van der Waals surface area contributed by atoms with E-state index in [0.717, 1.165) is 0 Å². The predicted octanol–water partition coefficient (Wildman–Crippen LogP) is -0.771. The van der Waals surface area contributed by atoms with E-state index in [9.17, 15) is 19.2 Å². The molecule has 0 saturated carbocycles. The van der Waals surface area contributed by atoms with Crippen LogP contribution in [0.2, 0.25) is 0 Å². The molecule has 5 N–H and O–H groups in total. The molecule has 0 rings (SSSR count). The van der Waals surface area contributed by atoms with Gasteiger partial charge in [-0.25, -0.2) is 9.59 Å². The van der Waals surface area contributed by atoms with Gasteiger partial charge in [0.2, 0.25) is 11.8 Å². The molecular formula is C12H24N4O6. The molecule has 0 aromatic heterocycles. The fraction of sp³-hybridized carbons (Fsp3) is 0.583. The van der Waals surface area contributed by atoms with Gasteiger partial charge >= 0.3 is 12.1 Å². The summed E-state index contributed by atoms with van der Waals surface area (Å²) in [5.41, 5.74) is 0. The molecule has 0 aromatic carbocycles. The van der Waals surface area contributed by atoms with E-state index < -0.39 is 18.8 Å². The van der Waals surface area contributed by atoms with Gasteiger partial charge < -0.3 is 20.5 Å². The van der Waals surface area contributed by atoms with Crippen LogP contribution in [0, 0.1) is 0 Å². The molecule has 0 aliphatic heterocycles. The molecular weight excluding hydrogens is 296 g/mol. The Balaban J connectivity index is -0.000000294. The molecule has 0 saturated heterocycles. The lowest BCUT2D eigenvalue weighted by atomic mass is 10.5. The van der Waals surface area contributed by atoms with Gasteiger partial charge in [-0.15, -0.1) is 0 Å². The van der Waals surface area contributed by atoms with Crippen LogP contribution < -0.4 is 21.3 Å². The summed E-state index contributed by atoms with van der Waals surface area (Å²) in [6.07, 6.45) is 0.579. The number of hydrogen-bond acceptors (Lipinski definition) is 6. The number of rotatable bonds is 4. The predicted molar refractivity (Wildman–Crippen MR) is 78.7 cm³/mol. The van der Waals surface area contributed by atoms with Gasteiger partial charge in [0, 0.05) is 19.4 Å². The van der Waals surface area contributed by atoms with Gasteiger partial charge in [-0.3, -0.25) is 20.2 Å². The molecule has 10 heteroatoms. The Bertz CT molecular complexity index is 317. The summed E-state index contributed by atoms with van der Waals surface area (Å²) in [5, 5.41) is 16.7. The SMILES string of the molecule is C=O.CCC(=O)NC(=O)NCO.CCNC(=O)NC(=O)CC. The van der Waals surface area contributed by atoms with E-state index in [1.165, 1.54) is 0 Å². The second-order valence-corrected chi connectivity index (χ2v) is 3.33. The van der Waals surface area contributed by atoms with Crippen LogP contribution in [0.4, 0.5) is 9.59 Å². The van der Waals surface area contributed by atoms with E-state index in [-0.39, 0.29) is 18.2 Å². The minimum Gasteiger partial charge on any atom is -0.376 e. The number of carbonyl (C=O) groups is 5. The first-order chi connectivity index (χ1) is 10.4. The molecule has 0 atom stereocenters. The maximum atomic E-state index is 10.6. The average molecular weight is 320 g/mol. The van der Waals surface area contributed by atoms with E-state index in [4.69, 9.17) is 9.90 Å². The molecule has 0 unspecified atom stereocenters. The fourth-order valence-electron chi connectivity index (χ4n) is 0.751. The lowest BCUT2D eigenvalue weighted by Crippen LogP contribution is -2.39. The number of hydrogen-bond donors (Lipinski definition) is 5. The highest BCUT2D eigenvalue weighted by atomic mass is 16.3. The van der Waals surface area contributed by atoms with E-state index in [0.29, 0.717) is 13.0 Å². The van der Waals surface area contributed by atoms with Crippen LogP contribution >= 0.6 is 0 Å². The second-order valence-electron chi connectivity index (χ2n) is 3.33. The molecule has 0 fully saturated rings. The van der Waals surface area contributed by atoms with Crippen molar-refractivity contribution in [2.24, 2.45) is 0 Å². The third-order valence-electron chi connectivity index (χ3n) is 1.73. The Hall–Kier alpha value is -2.49. The highest BCUT2D eigenvalue weighted by molar-refractivity contribution is 5.94. The van der Waals surface area contributed by atoms with Gasteiger partial charge in [0.1, 0.15) is 13.5 Å². The first-order valence-electron chi connectivity index (χ1n) is 6.46. The number of amides is 6. The molecule has 0 radical (unpaired) electrons. The molecule has 128 valence electrons. The summed E-state index contributed by atoms with van der Waals surface area (Å²) < 4.78 is 0. The molecule has 0 bridgehead atoms. The summed E-state index contributed by atoms with van der Waals surface area (Å²) in [6.45, 7) is 7.16. The van der Waals surface area contributed by atoms with Crippen LogP contribution in [-0.2, 0) is 14.4 Å². The largest absolute Gasteiger partial charge is 0.376 e. The van der Waals surface area contributed by atoms with Crippen molar-refractivity contribution >= 4 is 30.7 Å². The van der Waals surface area contributed by atoms with Crippen LogP contribution in [0.3, 0.4) is 0 Å². The van der Waals surface area contributed by atoms with E-state index in [2.05, 4.69) is 10.6 Å². The molecule has 0 spiro atoms. The first-order valence-corrected chi connectivity index (χ1v) is 6.46. The zero-order valence-corrected chi connectivity index (χ0v) is 13.0. The number of aliphatic hydroxyl groups excluding tert-OH is 1. The third kappa shape index (κ3) is 19.8. The minimum absolute atomic E-state index is 0.249. The fourth-order valence-corrected chi connectivity index (χ4v) is 0.751. The number of nitrogens with one attached hydrogen (secondary N) is 4. The van der Waals surface area contributed by atoms with E-state index in [1.807, 2.05) is 17.4 Å². The molecule has 6 amide bonds. The zero-order chi connectivity index (χ0) is 18.0. The Kier molecular flexibility index (Phi) is 20.6. The lowest BCUT2D eigenvalue weighted by Gasteiger charge is -2.01. The highest BCUT2D eigenvalue weighted by Gasteiger charge is 2.02. The monoisotopic (exact) mass is 320 g/mol. The van der Waals surface area contributed by atoms with Gasteiger partial charge in [0.25, 0.3) is 0 Å². The van der Waals surface area contributed by atoms with Crippen molar-refractivity contribution in [2.45, 2.75) is 33.6 Å². The Morgan fingerprint density at radius 3 is 1.45 bits per heavy atom. The smallest absolute Gasteiger partial charge is 0.323 e. The number of urea groups is 2. The Morgan fingerprint density at radius 2 is 1.18 bits per heavy atom. The van der Waals surface area contributed by atoms with Crippen LogP contribution in [0.1, 0.15) is 33.6 Å². The first kappa shape index (κ1) is 24.5. The minimum atomic E-state index is -0.672.